The average Bonchev–Trinajstić information content (AvgIpc) is 3.27. The number of hydrazone groups is 1. The predicted octanol–water partition coefficient (Wildman–Crippen LogP) is 0.589. The summed E-state index contributed by atoms with van der Waals surface area (Å²) in [6.07, 6.45) is 6.38. The largest absolute Gasteiger partial charge is 0.493 e. The highest BCUT2D eigenvalue weighted by Gasteiger charge is 2.27. The molecule has 1 aliphatic rings. The first kappa shape index (κ1) is 23.1. The monoisotopic (exact) mass is 474 g/mol. The summed E-state index contributed by atoms with van der Waals surface area (Å²) in [7, 11) is -4.44. The van der Waals surface area contributed by atoms with Gasteiger partial charge in [-0.25, -0.2) is 15.0 Å². The second kappa shape index (κ2) is 8.89. The van der Waals surface area contributed by atoms with Crippen LogP contribution in [0.5, 0.6) is 5.88 Å². The van der Waals surface area contributed by atoms with E-state index in [1.807, 2.05) is 5.43 Å². The minimum absolute atomic E-state index is 0.120. The lowest BCUT2D eigenvalue weighted by atomic mass is 10.1. The molecular weight excluding hydrogens is 460 g/mol. The van der Waals surface area contributed by atoms with E-state index in [1.165, 1.54) is 42.5 Å². The van der Waals surface area contributed by atoms with E-state index in [0.29, 0.717) is 0 Å². The van der Waals surface area contributed by atoms with Crippen LogP contribution in [0.4, 0.5) is 0 Å². The molecule has 0 unspecified atom stereocenters. The van der Waals surface area contributed by atoms with Gasteiger partial charge in [0.1, 0.15) is 0 Å². The average molecular weight is 474 g/mol. The van der Waals surface area contributed by atoms with Gasteiger partial charge in [0, 0.05) is 0 Å². The van der Waals surface area contributed by atoms with Crippen molar-refractivity contribution < 1.29 is 42.7 Å². The number of allylic oxidation sites excluding steroid dienone is 4. The number of aliphatic carboxylic acids is 1. The van der Waals surface area contributed by atoms with E-state index in [4.69, 9.17) is 9.66 Å². The van der Waals surface area contributed by atoms with Crippen molar-refractivity contribution in [3.05, 3.63) is 65.4 Å². The van der Waals surface area contributed by atoms with Crippen molar-refractivity contribution in [2.75, 3.05) is 0 Å². The molecule has 1 aromatic heterocycles. The Hall–Kier alpha value is -4.56. The lowest BCUT2D eigenvalue weighted by Gasteiger charge is -2.04. The second-order valence-corrected chi connectivity index (χ2v) is 7.72. The van der Waals surface area contributed by atoms with Crippen LogP contribution in [0, 0.1) is 0 Å². The third-order valence-electron chi connectivity index (χ3n) is 4.20. The van der Waals surface area contributed by atoms with Crippen LogP contribution >= 0.6 is 0 Å². The number of carboxylic acids is 2. The first-order valence-corrected chi connectivity index (χ1v) is 10.2. The van der Waals surface area contributed by atoms with Gasteiger partial charge in [-0.05, 0) is 36.4 Å². The van der Waals surface area contributed by atoms with Crippen LogP contribution in [0.2, 0.25) is 0 Å². The van der Waals surface area contributed by atoms with E-state index in [1.54, 1.807) is 0 Å². The molecule has 0 aliphatic carbocycles. The molecule has 33 heavy (non-hydrogen) atoms. The molecule has 0 spiro atoms. The highest BCUT2D eigenvalue weighted by molar-refractivity contribution is 7.85. The molecule has 0 bridgehead atoms. The fourth-order valence-corrected chi connectivity index (χ4v) is 3.17. The number of nitrogens with zero attached hydrogens (tertiary/aromatic N) is 3. The molecule has 3 rings (SSSR count). The molecule has 0 fully saturated rings. The van der Waals surface area contributed by atoms with Crippen molar-refractivity contribution in [3.8, 4) is 11.6 Å². The van der Waals surface area contributed by atoms with Crippen LogP contribution in [0.25, 0.3) is 11.8 Å². The van der Waals surface area contributed by atoms with Crippen LogP contribution in [0.3, 0.4) is 0 Å². The Morgan fingerprint density at radius 3 is 2.27 bits per heavy atom. The maximum atomic E-state index is 11.6. The number of aromatic carboxylic acids is 1. The number of nitrogens with one attached hydrogen (secondary N) is 1. The number of carbonyl (C=O) groups is 3. The zero-order chi connectivity index (χ0) is 24.3. The van der Waals surface area contributed by atoms with Crippen LogP contribution in [-0.2, 0) is 19.7 Å². The third-order valence-corrected chi connectivity index (χ3v) is 5.07. The van der Waals surface area contributed by atoms with Gasteiger partial charge in [0.05, 0.1) is 21.7 Å². The van der Waals surface area contributed by atoms with Gasteiger partial charge in [-0.15, -0.1) is 0 Å². The van der Waals surface area contributed by atoms with Gasteiger partial charge in [-0.1, -0.05) is 18.2 Å². The molecular formula is C19H14N4O9S. The van der Waals surface area contributed by atoms with E-state index in [0.717, 1.165) is 16.8 Å². The maximum Gasteiger partial charge on any atom is 0.357 e. The molecule has 14 heteroatoms. The summed E-state index contributed by atoms with van der Waals surface area (Å²) in [5.41, 5.74) is 0.816. The number of amides is 1. The SMILES string of the molecule is O=C(O)C1=NNC(=O)/C1=C\C=CC=Cc1c(C(=O)O)nn(-c2ccc(S(=O)(=O)O)cc2)c1O. The highest BCUT2D eigenvalue weighted by atomic mass is 32.2. The van der Waals surface area contributed by atoms with Gasteiger partial charge < -0.3 is 15.3 Å². The number of carboxylic acid groups (broad SMARTS) is 2. The van der Waals surface area contributed by atoms with Crippen molar-refractivity contribution in [1.29, 1.82) is 0 Å². The molecule has 0 atom stereocenters. The highest BCUT2D eigenvalue weighted by Crippen LogP contribution is 2.27. The van der Waals surface area contributed by atoms with Crippen LogP contribution in [0.1, 0.15) is 16.1 Å². The molecule has 1 aliphatic heterocycles. The summed E-state index contributed by atoms with van der Waals surface area (Å²) >= 11 is 0. The van der Waals surface area contributed by atoms with Gasteiger partial charge >= 0.3 is 11.9 Å². The smallest absolute Gasteiger partial charge is 0.357 e. The summed E-state index contributed by atoms with van der Waals surface area (Å²) in [4.78, 5) is 33.7. The first-order chi connectivity index (χ1) is 15.5. The van der Waals surface area contributed by atoms with Gasteiger partial charge in [0.2, 0.25) is 5.88 Å². The zero-order valence-corrected chi connectivity index (χ0v) is 17.1. The predicted molar refractivity (Wildman–Crippen MR) is 111 cm³/mol. The molecule has 0 radical (unpaired) electrons. The molecule has 13 nitrogen and oxygen atoms in total. The molecule has 1 aromatic carbocycles. The van der Waals surface area contributed by atoms with E-state index in [9.17, 15) is 33.0 Å². The minimum Gasteiger partial charge on any atom is -0.493 e. The maximum absolute atomic E-state index is 11.6. The van der Waals surface area contributed by atoms with Crippen LogP contribution in [0.15, 0.2) is 64.1 Å². The summed E-state index contributed by atoms with van der Waals surface area (Å²) in [5, 5.41) is 36.0. The Bertz CT molecular complexity index is 1380. The summed E-state index contributed by atoms with van der Waals surface area (Å²) in [6.45, 7) is 0. The molecule has 170 valence electrons. The van der Waals surface area contributed by atoms with Gasteiger partial charge in [-0.2, -0.15) is 23.3 Å². The number of aromatic hydroxyl groups is 1. The summed E-state index contributed by atoms with van der Waals surface area (Å²) in [6, 6.07) is 4.50. The standard InChI is InChI=1S/C19H14N4O9S/c24-16-12(14(18(26)27)20-21-16)4-2-1-3-5-13-15(19(28)29)22-23(17(13)25)10-6-8-11(9-7-10)33(30,31)32/h1-9,25H,(H,21,24)(H,26,27)(H,28,29)(H,30,31,32)/b2-1?,5-3?,12-4-. The van der Waals surface area contributed by atoms with E-state index >= 15 is 0 Å². The number of carbonyl (C=O) groups excluding carboxylic acids is 1. The Labute approximate surface area is 185 Å². The van der Waals surface area contributed by atoms with Crippen LogP contribution in [-0.4, -0.2) is 61.6 Å². The third kappa shape index (κ3) is 4.86. The summed E-state index contributed by atoms with van der Waals surface area (Å²) in [5.74, 6) is -4.11. The molecule has 2 heterocycles. The van der Waals surface area contributed by atoms with E-state index in [2.05, 4.69) is 10.2 Å². The second-order valence-electron chi connectivity index (χ2n) is 6.30. The molecule has 2 aromatic rings. The molecule has 1 amide bonds. The normalized spacial score (nSPS) is 15.4. The molecule has 0 saturated carbocycles. The van der Waals surface area contributed by atoms with Crippen molar-refractivity contribution in [3.63, 3.8) is 0 Å². The first-order valence-electron chi connectivity index (χ1n) is 8.80. The number of benzene rings is 1. The number of rotatable bonds is 7. The molecule has 0 saturated heterocycles. The Morgan fingerprint density at radius 2 is 1.70 bits per heavy atom. The van der Waals surface area contributed by atoms with Crippen molar-refractivity contribution in [1.82, 2.24) is 15.2 Å². The zero-order valence-electron chi connectivity index (χ0n) is 16.3. The van der Waals surface area contributed by atoms with Crippen molar-refractivity contribution in [2.45, 2.75) is 4.90 Å². The Balaban J connectivity index is 1.89. The Kier molecular flexibility index (Phi) is 6.23. The fourth-order valence-electron chi connectivity index (χ4n) is 2.69. The number of hydrogen-bond acceptors (Lipinski definition) is 8. The van der Waals surface area contributed by atoms with Crippen molar-refractivity contribution in [2.24, 2.45) is 5.10 Å². The number of hydrogen-bond donors (Lipinski definition) is 5. The quantitative estimate of drug-likeness (QED) is 0.214. The molecule has 5 N–H and O–H groups in total. The lowest BCUT2D eigenvalue weighted by Crippen LogP contribution is -2.17. The topological polar surface area (TPSA) is 208 Å². The Morgan fingerprint density at radius 1 is 1.03 bits per heavy atom. The lowest BCUT2D eigenvalue weighted by molar-refractivity contribution is -0.129. The van der Waals surface area contributed by atoms with Gasteiger partial charge in [0.25, 0.3) is 16.0 Å². The van der Waals surface area contributed by atoms with E-state index < -0.39 is 50.1 Å². The minimum atomic E-state index is -4.44. The van der Waals surface area contributed by atoms with E-state index in [-0.39, 0.29) is 16.8 Å². The van der Waals surface area contributed by atoms with Crippen molar-refractivity contribution >= 4 is 39.8 Å². The fraction of sp³-hybridized carbons (Fsp3) is 0. The number of aromatic nitrogens is 2. The van der Waals surface area contributed by atoms with Gasteiger partial charge in [0.15, 0.2) is 11.4 Å². The van der Waals surface area contributed by atoms with Crippen LogP contribution < -0.4 is 5.43 Å². The summed E-state index contributed by atoms with van der Waals surface area (Å²) < 4.78 is 32.2. The van der Waals surface area contributed by atoms with Gasteiger partial charge in [-0.3, -0.25) is 9.35 Å².